The Morgan fingerprint density at radius 3 is 2.58 bits per heavy atom. The van der Waals surface area contributed by atoms with Gasteiger partial charge >= 0.3 is 0 Å². The highest BCUT2D eigenvalue weighted by Crippen LogP contribution is 2.30. The number of amides is 2. The Balaban J connectivity index is 1.73. The number of carbonyl (C=O) groups is 2. The van der Waals surface area contributed by atoms with E-state index < -0.39 is 10.8 Å². The van der Waals surface area contributed by atoms with Gasteiger partial charge in [0, 0.05) is 29.9 Å². The molecular weight excluding hydrogens is 338 g/mol. The number of anilines is 1. The van der Waals surface area contributed by atoms with Crippen molar-refractivity contribution in [2.45, 2.75) is 12.8 Å². The number of hydrogen-bond acceptors (Lipinski definition) is 5. The monoisotopic (exact) mass is 355 g/mol. The second-order valence-electron chi connectivity index (χ2n) is 5.86. The van der Waals surface area contributed by atoms with Gasteiger partial charge in [0.2, 0.25) is 5.91 Å². The zero-order valence-electron chi connectivity index (χ0n) is 13.9. The molecule has 0 spiro atoms. The van der Waals surface area contributed by atoms with Gasteiger partial charge in [-0.25, -0.2) is 0 Å². The molecule has 134 valence electrons. The molecule has 0 aliphatic carbocycles. The molecule has 3 rings (SSSR count). The minimum atomic E-state index is -0.515. The summed E-state index contributed by atoms with van der Waals surface area (Å²) in [7, 11) is 0. The van der Waals surface area contributed by atoms with Crippen LogP contribution in [0.3, 0.4) is 0 Å². The van der Waals surface area contributed by atoms with Gasteiger partial charge in [-0.1, -0.05) is 6.07 Å². The van der Waals surface area contributed by atoms with Crippen molar-refractivity contribution in [3.8, 4) is 5.75 Å². The molecular formula is C18H17N3O5. The molecule has 2 amide bonds. The second-order valence-corrected chi connectivity index (χ2v) is 5.86. The van der Waals surface area contributed by atoms with Gasteiger partial charge < -0.3 is 15.4 Å². The van der Waals surface area contributed by atoms with E-state index in [9.17, 15) is 19.7 Å². The molecule has 0 unspecified atom stereocenters. The molecule has 1 aliphatic rings. The fourth-order valence-electron chi connectivity index (χ4n) is 3.00. The van der Waals surface area contributed by atoms with Gasteiger partial charge in [-0.15, -0.1) is 0 Å². The number of hydrogen-bond donors (Lipinski definition) is 1. The topological polar surface area (TPSA) is 116 Å². The summed E-state index contributed by atoms with van der Waals surface area (Å²) >= 11 is 0. The molecule has 0 bridgehead atoms. The molecule has 2 N–H and O–H groups in total. The summed E-state index contributed by atoms with van der Waals surface area (Å²) in [5.74, 6) is -0.406. The van der Waals surface area contributed by atoms with Crippen LogP contribution < -0.4 is 15.4 Å². The van der Waals surface area contributed by atoms with Crippen LogP contribution in [0.2, 0.25) is 0 Å². The highest BCUT2D eigenvalue weighted by Gasteiger charge is 2.25. The molecule has 8 nitrogen and oxygen atoms in total. The van der Waals surface area contributed by atoms with Crippen LogP contribution in [0.1, 0.15) is 22.3 Å². The molecule has 0 radical (unpaired) electrons. The number of fused-ring (bicyclic) bond motifs is 1. The number of carbonyl (C=O) groups excluding carboxylic acids is 2. The Morgan fingerprint density at radius 2 is 1.92 bits per heavy atom. The quantitative estimate of drug-likeness (QED) is 0.651. The van der Waals surface area contributed by atoms with Gasteiger partial charge in [-0.2, -0.15) is 0 Å². The van der Waals surface area contributed by atoms with Crippen LogP contribution >= 0.6 is 0 Å². The third-order valence-corrected chi connectivity index (χ3v) is 4.23. The summed E-state index contributed by atoms with van der Waals surface area (Å²) in [6.07, 6.45) is 1.40. The first kappa shape index (κ1) is 17.4. The van der Waals surface area contributed by atoms with Gasteiger partial charge in [-0.05, 0) is 42.7 Å². The Kier molecular flexibility index (Phi) is 4.83. The zero-order valence-corrected chi connectivity index (χ0v) is 13.9. The Bertz CT molecular complexity index is 864. The number of benzene rings is 2. The van der Waals surface area contributed by atoms with Gasteiger partial charge in [-0.3, -0.25) is 19.7 Å². The number of ether oxygens (including phenoxy) is 1. The highest BCUT2D eigenvalue weighted by molar-refractivity contribution is 6.00. The van der Waals surface area contributed by atoms with E-state index in [-0.39, 0.29) is 18.2 Å². The minimum Gasteiger partial charge on any atom is -0.484 e. The van der Waals surface area contributed by atoms with E-state index in [2.05, 4.69) is 0 Å². The fourth-order valence-corrected chi connectivity index (χ4v) is 3.00. The molecule has 0 saturated carbocycles. The number of rotatable bonds is 5. The van der Waals surface area contributed by atoms with Crippen LogP contribution in [0, 0.1) is 10.1 Å². The summed E-state index contributed by atoms with van der Waals surface area (Å²) in [5, 5.41) is 10.6. The van der Waals surface area contributed by atoms with Crippen LogP contribution in [0.4, 0.5) is 11.4 Å². The Morgan fingerprint density at radius 1 is 1.19 bits per heavy atom. The lowest BCUT2D eigenvalue weighted by Crippen LogP contribution is -2.39. The first-order chi connectivity index (χ1) is 12.5. The molecule has 2 aromatic rings. The molecule has 0 fully saturated rings. The van der Waals surface area contributed by atoms with Crippen LogP contribution in [-0.2, 0) is 11.2 Å². The second kappa shape index (κ2) is 7.22. The zero-order chi connectivity index (χ0) is 18.7. The average molecular weight is 355 g/mol. The maximum atomic E-state index is 12.6. The largest absolute Gasteiger partial charge is 0.484 e. The van der Waals surface area contributed by atoms with Gasteiger partial charge in [0.05, 0.1) is 4.92 Å². The van der Waals surface area contributed by atoms with Crippen molar-refractivity contribution in [2.75, 3.05) is 18.1 Å². The number of non-ortho nitro benzene ring substituents is 1. The summed E-state index contributed by atoms with van der Waals surface area (Å²) in [5.41, 5.74) is 7.24. The summed E-state index contributed by atoms with van der Waals surface area (Å²) in [6, 6.07) is 10.7. The summed E-state index contributed by atoms with van der Waals surface area (Å²) in [6.45, 7) is 0.315. The lowest BCUT2D eigenvalue weighted by molar-refractivity contribution is -0.384. The molecule has 0 aromatic heterocycles. The van der Waals surface area contributed by atoms with Crippen molar-refractivity contribution in [1.29, 1.82) is 0 Å². The molecule has 8 heteroatoms. The molecule has 0 saturated heterocycles. The number of nitrogens with zero attached hydrogens (tertiary/aromatic N) is 2. The summed E-state index contributed by atoms with van der Waals surface area (Å²) in [4.78, 5) is 35.9. The smallest absolute Gasteiger partial charge is 0.269 e. The van der Waals surface area contributed by atoms with Crippen LogP contribution in [0.25, 0.3) is 0 Å². The van der Waals surface area contributed by atoms with E-state index in [1.165, 1.54) is 24.3 Å². The lowest BCUT2D eigenvalue weighted by Gasteiger charge is -2.30. The van der Waals surface area contributed by atoms with Crippen molar-refractivity contribution in [3.05, 3.63) is 63.7 Å². The van der Waals surface area contributed by atoms with E-state index in [4.69, 9.17) is 10.5 Å². The van der Waals surface area contributed by atoms with Crippen LogP contribution in [-0.4, -0.2) is 29.9 Å². The average Bonchev–Trinajstić information content (AvgIpc) is 2.65. The molecule has 1 heterocycles. The number of primary amides is 1. The highest BCUT2D eigenvalue weighted by atomic mass is 16.6. The van der Waals surface area contributed by atoms with Crippen LogP contribution in [0.5, 0.6) is 5.75 Å². The van der Waals surface area contributed by atoms with E-state index in [1.807, 2.05) is 0 Å². The lowest BCUT2D eigenvalue weighted by atomic mass is 9.96. The predicted octanol–water partition coefficient (Wildman–Crippen LogP) is 2.05. The van der Waals surface area contributed by atoms with Crippen molar-refractivity contribution in [1.82, 2.24) is 0 Å². The standard InChI is InChI=1S/C18H17N3O5/c19-18(23)15-3-1-5-16-14(15)4-2-10-20(16)17(22)11-26-13-8-6-12(7-9-13)21(24)25/h1,3,5-9H,2,4,10-11H2,(H2,19,23). The minimum absolute atomic E-state index is 0.0485. The maximum Gasteiger partial charge on any atom is 0.269 e. The van der Waals surface area contributed by atoms with Gasteiger partial charge in [0.25, 0.3) is 11.6 Å². The van der Waals surface area contributed by atoms with E-state index in [0.29, 0.717) is 30.0 Å². The third-order valence-electron chi connectivity index (χ3n) is 4.23. The summed E-state index contributed by atoms with van der Waals surface area (Å²) < 4.78 is 5.44. The third kappa shape index (κ3) is 3.49. The first-order valence-electron chi connectivity index (χ1n) is 8.06. The molecule has 0 atom stereocenters. The normalized spacial score (nSPS) is 13.0. The molecule has 1 aliphatic heterocycles. The number of nitrogens with two attached hydrogens (primary N) is 1. The van der Waals surface area contributed by atoms with Crippen molar-refractivity contribution in [2.24, 2.45) is 5.73 Å². The predicted molar refractivity (Wildman–Crippen MR) is 94.2 cm³/mol. The van der Waals surface area contributed by atoms with E-state index in [0.717, 1.165) is 12.0 Å². The molecule has 2 aromatic carbocycles. The van der Waals surface area contributed by atoms with Crippen LogP contribution in [0.15, 0.2) is 42.5 Å². The molecule has 26 heavy (non-hydrogen) atoms. The van der Waals surface area contributed by atoms with Crippen molar-refractivity contribution < 1.29 is 19.2 Å². The number of nitro benzene ring substituents is 1. The maximum absolute atomic E-state index is 12.6. The SMILES string of the molecule is NC(=O)c1cccc2c1CCCN2C(=O)COc1ccc([N+](=O)[O-])cc1. The van der Waals surface area contributed by atoms with Gasteiger partial charge in [0.1, 0.15) is 5.75 Å². The van der Waals surface area contributed by atoms with E-state index in [1.54, 1.807) is 23.1 Å². The Hall–Kier alpha value is -3.42. The Labute approximate surface area is 149 Å². The van der Waals surface area contributed by atoms with Crippen molar-refractivity contribution in [3.63, 3.8) is 0 Å². The number of nitro groups is 1. The van der Waals surface area contributed by atoms with Gasteiger partial charge in [0.15, 0.2) is 6.61 Å². The van der Waals surface area contributed by atoms with E-state index >= 15 is 0 Å². The van der Waals surface area contributed by atoms with Crippen molar-refractivity contribution >= 4 is 23.2 Å². The fraction of sp³-hybridized carbons (Fsp3) is 0.222. The first-order valence-corrected chi connectivity index (χ1v) is 8.06.